The fraction of sp³-hybridized carbons (Fsp3) is 0.231. The van der Waals surface area contributed by atoms with E-state index < -0.39 is 11.7 Å². The van der Waals surface area contributed by atoms with Gasteiger partial charge in [-0.25, -0.2) is 9.79 Å². The van der Waals surface area contributed by atoms with E-state index in [1.54, 1.807) is 0 Å². The smallest absolute Gasteiger partial charge is 0.407 e. The number of fused-ring (bicyclic) bond motifs is 3. The predicted molar refractivity (Wildman–Crippen MR) is 120 cm³/mol. The monoisotopic (exact) mass is 412 g/mol. The van der Waals surface area contributed by atoms with Crippen molar-refractivity contribution in [3.05, 3.63) is 102 Å². The molecule has 1 N–H and O–H groups in total. The summed E-state index contributed by atoms with van der Waals surface area (Å²) in [5.41, 5.74) is 4.33. The number of piperidine rings is 1. The Labute approximate surface area is 181 Å². The minimum atomic E-state index is -0.867. The summed E-state index contributed by atoms with van der Waals surface area (Å²) in [6.07, 6.45) is 0.802. The van der Waals surface area contributed by atoms with Crippen LogP contribution in [0, 0.1) is 0 Å². The molecule has 5 heteroatoms. The third-order valence-electron chi connectivity index (χ3n) is 6.27. The molecule has 6 rings (SSSR count). The number of carbonyl (C=O) groups is 1. The highest BCUT2D eigenvalue weighted by Crippen LogP contribution is 2.42. The molecule has 3 aromatic carbocycles. The molecule has 2 atom stereocenters. The number of benzene rings is 3. The molecule has 3 heterocycles. The molecule has 3 fully saturated rings. The van der Waals surface area contributed by atoms with Gasteiger partial charge < -0.3 is 9.84 Å². The second-order valence-corrected chi connectivity index (χ2v) is 8.15. The maximum Gasteiger partial charge on any atom is 0.407 e. The largest absolute Gasteiger partial charge is 0.465 e. The number of hydrogen-bond donors (Lipinski definition) is 1. The number of hydrogen-bond acceptors (Lipinski definition) is 3. The van der Waals surface area contributed by atoms with Crippen LogP contribution in [0.5, 0.6) is 0 Å². The van der Waals surface area contributed by atoms with Crippen LogP contribution in [-0.4, -0.2) is 41.0 Å². The summed E-state index contributed by atoms with van der Waals surface area (Å²) in [6.45, 7) is 0.841. The highest BCUT2D eigenvalue weighted by atomic mass is 16.5. The molecular formula is C26H24N2O3. The first-order valence-electron chi connectivity index (χ1n) is 10.6. The Hall–Kier alpha value is -3.44. The van der Waals surface area contributed by atoms with Crippen LogP contribution in [0.3, 0.4) is 0 Å². The van der Waals surface area contributed by atoms with E-state index in [1.165, 1.54) is 4.90 Å². The van der Waals surface area contributed by atoms with Crippen molar-refractivity contribution >= 4 is 17.5 Å². The quantitative estimate of drug-likeness (QED) is 0.598. The molecule has 3 saturated heterocycles. The van der Waals surface area contributed by atoms with Gasteiger partial charge in [0.1, 0.15) is 5.60 Å². The topological polar surface area (TPSA) is 62.1 Å². The molecule has 3 aromatic rings. The Morgan fingerprint density at radius 3 is 2.06 bits per heavy atom. The Balaban J connectivity index is 1.48. The summed E-state index contributed by atoms with van der Waals surface area (Å²) < 4.78 is 6.15. The molecule has 0 radical (unpaired) electrons. The van der Waals surface area contributed by atoms with E-state index in [0.717, 1.165) is 40.9 Å². The van der Waals surface area contributed by atoms with E-state index in [1.807, 2.05) is 60.7 Å². The summed E-state index contributed by atoms with van der Waals surface area (Å²) >= 11 is 0. The minimum Gasteiger partial charge on any atom is -0.465 e. The lowest BCUT2D eigenvalue weighted by atomic mass is 9.80. The SMILES string of the molecule is O=C(O)N1CC2(c3ccc(N=C(c4ccccc4)c4ccccc4)cc3)CCC1CO2. The standard InChI is InChI=1S/C26H24N2O3/c29-25(30)28-18-26(16-15-23(28)17-31-26)21-11-13-22(14-12-21)27-24(19-7-3-1-4-8-19)20-9-5-2-6-10-20/h1-14,23H,15-18H2,(H,29,30). The van der Waals surface area contributed by atoms with Gasteiger partial charge in [0.25, 0.3) is 0 Å². The summed E-state index contributed by atoms with van der Waals surface area (Å²) in [4.78, 5) is 18.1. The lowest BCUT2D eigenvalue weighted by Crippen LogP contribution is -2.61. The predicted octanol–water partition coefficient (Wildman–Crippen LogP) is 5.22. The molecule has 3 aliphatic rings. The first-order chi connectivity index (χ1) is 15.1. The molecule has 2 bridgehead atoms. The van der Waals surface area contributed by atoms with Crippen LogP contribution in [0.25, 0.3) is 0 Å². The Kier molecular flexibility index (Phi) is 5.04. The number of amides is 1. The van der Waals surface area contributed by atoms with Gasteiger partial charge in [-0.2, -0.15) is 0 Å². The van der Waals surface area contributed by atoms with Crippen molar-refractivity contribution in [2.75, 3.05) is 13.2 Å². The van der Waals surface area contributed by atoms with Crippen molar-refractivity contribution in [1.29, 1.82) is 0 Å². The van der Waals surface area contributed by atoms with Crippen molar-refractivity contribution in [3.63, 3.8) is 0 Å². The normalized spacial score (nSPS) is 22.2. The second-order valence-electron chi connectivity index (χ2n) is 8.15. The van der Waals surface area contributed by atoms with Gasteiger partial charge in [0, 0.05) is 11.1 Å². The first kappa shape index (κ1) is 19.5. The molecule has 5 nitrogen and oxygen atoms in total. The van der Waals surface area contributed by atoms with Gasteiger partial charge in [-0.05, 0) is 30.5 Å². The van der Waals surface area contributed by atoms with Crippen LogP contribution < -0.4 is 0 Å². The average Bonchev–Trinajstić information content (AvgIpc) is 2.84. The third-order valence-corrected chi connectivity index (χ3v) is 6.27. The molecule has 0 aliphatic carbocycles. The zero-order valence-corrected chi connectivity index (χ0v) is 17.1. The second kappa shape index (κ2) is 8.00. The molecule has 2 unspecified atom stereocenters. The highest BCUT2D eigenvalue weighted by molar-refractivity contribution is 6.13. The fourth-order valence-corrected chi connectivity index (χ4v) is 4.59. The van der Waals surface area contributed by atoms with Gasteiger partial charge in [0.05, 0.1) is 30.6 Å². The van der Waals surface area contributed by atoms with Gasteiger partial charge >= 0.3 is 6.09 Å². The Morgan fingerprint density at radius 2 is 1.55 bits per heavy atom. The molecular weight excluding hydrogens is 388 g/mol. The van der Waals surface area contributed by atoms with Crippen molar-refractivity contribution in [3.8, 4) is 0 Å². The van der Waals surface area contributed by atoms with Crippen molar-refractivity contribution in [2.45, 2.75) is 24.5 Å². The van der Waals surface area contributed by atoms with Gasteiger partial charge in [0.15, 0.2) is 0 Å². The van der Waals surface area contributed by atoms with E-state index in [0.29, 0.717) is 13.2 Å². The molecule has 0 saturated carbocycles. The van der Waals surface area contributed by atoms with Crippen LogP contribution in [0.2, 0.25) is 0 Å². The van der Waals surface area contributed by atoms with Gasteiger partial charge in [0.2, 0.25) is 0 Å². The maximum atomic E-state index is 11.6. The summed E-state index contributed by atoms with van der Waals surface area (Å²) in [5.74, 6) is 0. The molecule has 31 heavy (non-hydrogen) atoms. The Morgan fingerprint density at radius 1 is 0.935 bits per heavy atom. The van der Waals surface area contributed by atoms with E-state index >= 15 is 0 Å². The van der Waals surface area contributed by atoms with Crippen molar-refractivity contribution < 1.29 is 14.6 Å². The molecule has 156 valence electrons. The van der Waals surface area contributed by atoms with Crippen LogP contribution in [0.15, 0.2) is 89.9 Å². The maximum absolute atomic E-state index is 11.6. The number of aliphatic imine (C=N–C) groups is 1. The molecule has 1 amide bonds. The number of nitrogens with zero attached hydrogens (tertiary/aromatic N) is 2. The number of rotatable bonds is 4. The molecule has 0 aromatic heterocycles. The van der Waals surface area contributed by atoms with Crippen LogP contribution in [0.4, 0.5) is 10.5 Å². The van der Waals surface area contributed by atoms with Crippen LogP contribution >= 0.6 is 0 Å². The minimum absolute atomic E-state index is 0.0254. The number of morpholine rings is 1. The third kappa shape index (κ3) is 3.73. The van der Waals surface area contributed by atoms with Gasteiger partial charge in [-0.1, -0.05) is 72.8 Å². The van der Waals surface area contributed by atoms with Crippen LogP contribution in [0.1, 0.15) is 29.5 Å². The Bertz CT molecular complexity index is 1050. The van der Waals surface area contributed by atoms with Crippen molar-refractivity contribution in [1.82, 2.24) is 4.90 Å². The summed E-state index contributed by atoms with van der Waals surface area (Å²) in [5, 5.41) is 9.53. The fourth-order valence-electron chi connectivity index (χ4n) is 4.59. The zero-order chi connectivity index (χ0) is 21.3. The van der Waals surface area contributed by atoms with Gasteiger partial charge in [-0.3, -0.25) is 4.90 Å². The summed E-state index contributed by atoms with van der Waals surface area (Å²) in [7, 11) is 0. The summed E-state index contributed by atoms with van der Waals surface area (Å²) in [6, 6.07) is 28.3. The zero-order valence-electron chi connectivity index (χ0n) is 17.1. The highest BCUT2D eigenvalue weighted by Gasteiger charge is 2.48. The molecule has 0 spiro atoms. The van der Waals surface area contributed by atoms with E-state index in [9.17, 15) is 9.90 Å². The average molecular weight is 412 g/mol. The van der Waals surface area contributed by atoms with E-state index in [2.05, 4.69) is 24.3 Å². The van der Waals surface area contributed by atoms with Gasteiger partial charge in [-0.15, -0.1) is 0 Å². The number of ether oxygens (including phenoxy) is 1. The number of carboxylic acid groups (broad SMARTS) is 1. The molecule has 3 aliphatic heterocycles. The van der Waals surface area contributed by atoms with E-state index in [-0.39, 0.29) is 6.04 Å². The van der Waals surface area contributed by atoms with Crippen LogP contribution in [-0.2, 0) is 10.3 Å². The van der Waals surface area contributed by atoms with E-state index in [4.69, 9.17) is 9.73 Å². The first-order valence-corrected chi connectivity index (χ1v) is 10.6. The lowest BCUT2D eigenvalue weighted by molar-refractivity contribution is -0.171. The lowest BCUT2D eigenvalue weighted by Gasteiger charge is -2.51. The van der Waals surface area contributed by atoms with Crippen molar-refractivity contribution in [2.24, 2.45) is 4.99 Å².